The van der Waals surface area contributed by atoms with Crippen molar-refractivity contribution in [1.82, 2.24) is 9.80 Å². The molecule has 3 aliphatic heterocycles. The number of carbonyl (C=O) groups is 2. The summed E-state index contributed by atoms with van der Waals surface area (Å²) in [7, 11) is 5.21. The molecule has 1 aromatic rings. The Morgan fingerprint density at radius 3 is 2.25 bits per heavy atom. The zero-order valence-electron chi connectivity index (χ0n) is 38.3. The first-order valence-electron chi connectivity index (χ1n) is 21.6. The van der Waals surface area contributed by atoms with E-state index in [2.05, 4.69) is 21.2 Å². The van der Waals surface area contributed by atoms with Gasteiger partial charge in [-0.2, -0.15) is 0 Å². The largest absolute Gasteiger partial charge is 0.459 e. The molecular formula is C44H74BrN3O13. The Hall–Kier alpha value is -2.00. The first kappa shape index (κ1) is 51.6. The minimum absolute atomic E-state index is 0.00628. The van der Waals surface area contributed by atoms with E-state index < -0.39 is 108 Å². The maximum absolute atomic E-state index is 14.5. The second-order valence-corrected chi connectivity index (χ2v) is 19.7. The van der Waals surface area contributed by atoms with Crippen LogP contribution in [-0.4, -0.2) is 165 Å². The standard InChI is InChI=1S/C44H74BrN3O13/c1-14-32-44(10,55)36(50)27(6)48(41(53)46-30-17-15-16-29(45)19-30)22-23(2)20-42(8,54)38(61-40-34(49)31(47(11)12)18-24(3)57-40)25(4)35(26(5)39(52)59-32)60-33-21-43(9,56-13)37(51)28(7)58-33/h15-17,19,23-28,31-38,40,49-51,54-55H,14,18,20-22H2,1-13H3,(H,46,53)/t23-,24-,25+,26-,27-,28+,31-,32-,33+,34-,35+,36-,37+,38-,40+,42-,43-,44-/m1/s1. The van der Waals surface area contributed by atoms with Gasteiger partial charge in [0.05, 0.1) is 47.6 Å². The molecule has 0 saturated carbocycles. The fourth-order valence-electron chi connectivity index (χ4n) is 9.54. The number of cyclic esters (lactones) is 1. The highest BCUT2D eigenvalue weighted by Crippen LogP contribution is 2.40. The van der Waals surface area contributed by atoms with Crippen LogP contribution in [0.2, 0.25) is 0 Å². The van der Waals surface area contributed by atoms with Gasteiger partial charge in [0.25, 0.3) is 0 Å². The van der Waals surface area contributed by atoms with Gasteiger partial charge in [-0.3, -0.25) is 4.79 Å². The fraction of sp³-hybridized carbons (Fsp3) is 0.818. The molecule has 0 bridgehead atoms. The number of halogens is 1. The molecule has 0 radical (unpaired) electrons. The van der Waals surface area contributed by atoms with Crippen LogP contribution in [0.1, 0.15) is 94.9 Å². The summed E-state index contributed by atoms with van der Waals surface area (Å²) in [6.45, 7) is 16.9. The third-order valence-electron chi connectivity index (χ3n) is 13.2. The number of aliphatic hydroxyl groups is 5. The topological polar surface area (TPSA) is 209 Å². The Kier molecular flexibility index (Phi) is 17.7. The third kappa shape index (κ3) is 12.0. The van der Waals surface area contributed by atoms with Gasteiger partial charge in [0.15, 0.2) is 12.6 Å². The van der Waals surface area contributed by atoms with Crippen LogP contribution >= 0.6 is 15.9 Å². The van der Waals surface area contributed by atoms with Gasteiger partial charge in [-0.25, -0.2) is 4.79 Å². The molecule has 3 aliphatic rings. The van der Waals surface area contributed by atoms with Crippen molar-refractivity contribution < 1.29 is 63.5 Å². The number of hydrogen-bond acceptors (Lipinski definition) is 14. The summed E-state index contributed by atoms with van der Waals surface area (Å²) in [4.78, 5) is 32.0. The van der Waals surface area contributed by atoms with Crippen molar-refractivity contribution in [3.63, 3.8) is 0 Å². The minimum atomic E-state index is -2.05. The maximum atomic E-state index is 14.5. The molecule has 1 aromatic carbocycles. The Morgan fingerprint density at radius 2 is 1.66 bits per heavy atom. The van der Waals surface area contributed by atoms with Gasteiger partial charge in [0.1, 0.15) is 30.0 Å². The molecule has 61 heavy (non-hydrogen) atoms. The summed E-state index contributed by atoms with van der Waals surface area (Å²) < 4.78 is 38.5. The van der Waals surface area contributed by atoms with E-state index in [1.54, 1.807) is 66.7 Å². The highest BCUT2D eigenvalue weighted by atomic mass is 79.9. The molecule has 350 valence electrons. The number of likely N-dealkylation sites (N-methyl/N-ethyl adjacent to an activating group) is 1. The Bertz CT molecular complexity index is 1600. The van der Waals surface area contributed by atoms with Crippen LogP contribution in [0.4, 0.5) is 10.5 Å². The number of nitrogens with zero attached hydrogens (tertiary/aromatic N) is 2. The lowest BCUT2D eigenvalue weighted by Crippen LogP contribution is -2.61. The zero-order valence-corrected chi connectivity index (χ0v) is 39.9. The van der Waals surface area contributed by atoms with Gasteiger partial charge in [0, 0.05) is 42.2 Å². The molecule has 3 heterocycles. The number of benzene rings is 1. The first-order chi connectivity index (χ1) is 28.3. The first-order valence-corrected chi connectivity index (χ1v) is 22.4. The number of ether oxygens (including phenoxy) is 6. The van der Waals surface area contributed by atoms with E-state index in [4.69, 9.17) is 28.4 Å². The van der Waals surface area contributed by atoms with Crippen molar-refractivity contribution in [3.8, 4) is 0 Å². The molecule has 16 nitrogen and oxygen atoms in total. The molecule has 3 fully saturated rings. The average Bonchev–Trinajstić information content (AvgIpc) is 3.18. The van der Waals surface area contributed by atoms with Crippen molar-refractivity contribution in [2.24, 2.45) is 17.8 Å². The summed E-state index contributed by atoms with van der Waals surface area (Å²) >= 11 is 3.44. The van der Waals surface area contributed by atoms with Gasteiger partial charge >= 0.3 is 12.0 Å². The molecule has 6 N–H and O–H groups in total. The lowest BCUT2D eigenvalue weighted by atomic mass is 9.77. The van der Waals surface area contributed by atoms with E-state index in [-0.39, 0.29) is 38.0 Å². The fourth-order valence-corrected chi connectivity index (χ4v) is 9.94. The molecule has 18 atom stereocenters. The summed E-state index contributed by atoms with van der Waals surface area (Å²) in [6.07, 6.45) is -9.76. The highest BCUT2D eigenvalue weighted by molar-refractivity contribution is 9.10. The lowest BCUT2D eigenvalue weighted by molar-refractivity contribution is -0.318. The van der Waals surface area contributed by atoms with Crippen LogP contribution in [0.25, 0.3) is 0 Å². The predicted molar refractivity (Wildman–Crippen MR) is 231 cm³/mol. The van der Waals surface area contributed by atoms with E-state index in [0.29, 0.717) is 12.1 Å². The number of amides is 2. The molecule has 17 heteroatoms. The summed E-state index contributed by atoms with van der Waals surface area (Å²) in [6, 6.07) is 5.10. The minimum Gasteiger partial charge on any atom is -0.459 e. The number of methoxy groups -OCH3 is 1. The van der Waals surface area contributed by atoms with E-state index in [9.17, 15) is 35.1 Å². The van der Waals surface area contributed by atoms with Crippen LogP contribution in [-0.2, 0) is 33.2 Å². The van der Waals surface area contributed by atoms with Crippen LogP contribution in [0.15, 0.2) is 28.7 Å². The number of hydrogen-bond donors (Lipinski definition) is 6. The second kappa shape index (κ2) is 20.9. The van der Waals surface area contributed by atoms with Gasteiger partial charge in [-0.1, -0.05) is 42.8 Å². The zero-order chi connectivity index (χ0) is 45.9. The van der Waals surface area contributed by atoms with E-state index in [0.717, 1.165) is 4.47 Å². The van der Waals surface area contributed by atoms with Gasteiger partial charge in [-0.15, -0.1) is 0 Å². The van der Waals surface area contributed by atoms with Crippen LogP contribution < -0.4 is 5.32 Å². The number of nitrogens with one attached hydrogen (secondary N) is 1. The van der Waals surface area contributed by atoms with E-state index in [1.165, 1.54) is 18.9 Å². The predicted octanol–water partition coefficient (Wildman–Crippen LogP) is 4.27. The Labute approximate surface area is 370 Å². The molecule has 0 aliphatic carbocycles. The van der Waals surface area contributed by atoms with Crippen molar-refractivity contribution in [2.45, 2.75) is 185 Å². The Morgan fingerprint density at radius 1 is 1.00 bits per heavy atom. The number of rotatable bonds is 8. The van der Waals surface area contributed by atoms with Crippen molar-refractivity contribution in [1.29, 1.82) is 0 Å². The SMILES string of the molecule is CC[C@H]1OC(=O)[C@H](C)[C@@H](O[C@H]2C[C@@](C)(OC)[C@@H](O)[C@H](C)O2)[C@H](C)[C@@H](O[C@@H]2O[C@H](C)C[C@@H](N(C)C)[C@H]2O)[C@](C)(O)C[C@@H](C)CN(C(=O)Nc2cccc(Br)c2)[C@H](C)[C@@H](O)[C@]1(C)O. The van der Waals surface area contributed by atoms with Crippen LogP contribution in [0, 0.1) is 17.8 Å². The summed E-state index contributed by atoms with van der Waals surface area (Å²) in [5.41, 5.74) is -4.38. The smallest absolute Gasteiger partial charge is 0.322 e. The highest BCUT2D eigenvalue weighted by Gasteiger charge is 2.53. The molecule has 0 aromatic heterocycles. The normalized spacial score (nSPS) is 43.6. The van der Waals surface area contributed by atoms with E-state index in [1.807, 2.05) is 38.9 Å². The van der Waals surface area contributed by atoms with Gasteiger partial charge in [-0.05, 0) is 106 Å². The van der Waals surface area contributed by atoms with Crippen molar-refractivity contribution in [2.75, 3.05) is 33.1 Å². The molecule has 3 saturated heterocycles. The number of esters is 1. The monoisotopic (exact) mass is 931 g/mol. The van der Waals surface area contributed by atoms with Crippen molar-refractivity contribution >= 4 is 33.6 Å². The average molecular weight is 933 g/mol. The maximum Gasteiger partial charge on any atom is 0.322 e. The second-order valence-electron chi connectivity index (χ2n) is 18.8. The number of urea groups is 1. The lowest BCUT2D eigenvalue weighted by Gasteiger charge is -2.48. The molecule has 0 unspecified atom stereocenters. The van der Waals surface area contributed by atoms with Crippen LogP contribution in [0.5, 0.6) is 0 Å². The molecular weight excluding hydrogens is 858 g/mol. The molecule has 0 spiro atoms. The number of aliphatic hydroxyl groups excluding tert-OH is 3. The van der Waals surface area contributed by atoms with Gasteiger partial charge < -0.3 is 69.1 Å². The Balaban J connectivity index is 1.86. The number of carbonyl (C=O) groups excluding carboxylic acids is 2. The number of anilines is 1. The van der Waals surface area contributed by atoms with Crippen LogP contribution in [0.3, 0.4) is 0 Å². The molecule has 2 amide bonds. The summed E-state index contributed by atoms with van der Waals surface area (Å²) in [5.74, 6) is -3.21. The summed E-state index contributed by atoms with van der Waals surface area (Å²) in [5, 5.41) is 62.4. The third-order valence-corrected chi connectivity index (χ3v) is 13.7. The van der Waals surface area contributed by atoms with E-state index >= 15 is 0 Å². The quantitative estimate of drug-likeness (QED) is 0.202. The van der Waals surface area contributed by atoms with Crippen molar-refractivity contribution in [3.05, 3.63) is 28.7 Å². The molecule has 4 rings (SSSR count). The van der Waals surface area contributed by atoms with Gasteiger partial charge in [0.2, 0.25) is 0 Å².